The first-order valence-electron chi connectivity index (χ1n) is 6.30. The molecule has 0 N–H and O–H groups in total. The first-order valence-corrected chi connectivity index (χ1v) is 7.38. The number of methoxy groups -OCH3 is 1. The normalized spacial score (nSPS) is 11.5. The topological polar surface area (TPSA) is 52.6 Å². The van der Waals surface area contributed by atoms with Crippen molar-refractivity contribution in [3.05, 3.63) is 50.2 Å². The number of benzene rings is 2. The second-order valence-corrected chi connectivity index (χ2v) is 5.94. The zero-order valence-electron chi connectivity index (χ0n) is 11.0. The molecule has 4 aromatic rings. The fourth-order valence-electron chi connectivity index (χ4n) is 2.43. The highest BCUT2D eigenvalue weighted by molar-refractivity contribution is 14.1. The molecule has 5 heteroatoms. The highest BCUT2D eigenvalue weighted by atomic mass is 127. The van der Waals surface area contributed by atoms with Crippen LogP contribution in [0, 0.1) is 3.57 Å². The van der Waals surface area contributed by atoms with Crippen LogP contribution >= 0.6 is 22.6 Å². The lowest BCUT2D eigenvalue weighted by Gasteiger charge is -2.01. The Labute approximate surface area is 132 Å². The Morgan fingerprint density at radius 2 is 1.67 bits per heavy atom. The summed E-state index contributed by atoms with van der Waals surface area (Å²) in [4.78, 5) is 12.5. The van der Waals surface area contributed by atoms with Crippen molar-refractivity contribution in [2.24, 2.45) is 0 Å². The van der Waals surface area contributed by atoms with Gasteiger partial charge in [-0.1, -0.05) is 0 Å². The Morgan fingerprint density at radius 3 is 2.48 bits per heavy atom. The Balaban J connectivity index is 2.22. The van der Waals surface area contributed by atoms with Crippen LogP contribution in [-0.4, -0.2) is 7.11 Å². The van der Waals surface area contributed by atoms with Crippen LogP contribution in [0.15, 0.2) is 50.0 Å². The first kappa shape index (κ1) is 12.7. The van der Waals surface area contributed by atoms with Gasteiger partial charge in [0.25, 0.3) is 0 Å². The molecule has 2 heterocycles. The summed E-state index contributed by atoms with van der Waals surface area (Å²) in [5, 5.41) is 1.28. The lowest BCUT2D eigenvalue weighted by Crippen LogP contribution is -2.00. The molecule has 0 spiro atoms. The van der Waals surface area contributed by atoms with Gasteiger partial charge >= 0.3 is 0 Å². The van der Waals surface area contributed by atoms with Gasteiger partial charge in [-0.05, 0) is 52.9 Å². The molecule has 0 fully saturated rings. The van der Waals surface area contributed by atoms with Crippen molar-refractivity contribution in [2.75, 3.05) is 7.11 Å². The molecule has 0 unspecified atom stereocenters. The summed E-state index contributed by atoms with van der Waals surface area (Å²) in [6.07, 6.45) is 0. The Kier molecular flexibility index (Phi) is 2.72. The van der Waals surface area contributed by atoms with Gasteiger partial charge in [-0.2, -0.15) is 0 Å². The van der Waals surface area contributed by atoms with Crippen LogP contribution in [0.5, 0.6) is 5.75 Å². The van der Waals surface area contributed by atoms with Crippen LogP contribution in [0.25, 0.3) is 33.1 Å². The van der Waals surface area contributed by atoms with E-state index >= 15 is 0 Å². The van der Waals surface area contributed by atoms with Gasteiger partial charge in [0.15, 0.2) is 5.58 Å². The van der Waals surface area contributed by atoms with Crippen molar-refractivity contribution in [1.82, 2.24) is 0 Å². The van der Waals surface area contributed by atoms with Crippen LogP contribution in [-0.2, 0) is 0 Å². The third-order valence-electron chi connectivity index (χ3n) is 3.46. The number of halogens is 1. The van der Waals surface area contributed by atoms with E-state index in [0.717, 1.165) is 8.96 Å². The molecule has 0 amide bonds. The molecule has 0 atom stereocenters. The minimum atomic E-state index is -0.167. The van der Waals surface area contributed by atoms with E-state index in [1.807, 2.05) is 18.2 Å². The highest BCUT2D eigenvalue weighted by Gasteiger charge is 2.16. The molecule has 21 heavy (non-hydrogen) atoms. The molecule has 0 saturated heterocycles. The SMILES string of the molecule is COc1ccc2c(=O)c3oc4cc(I)ccc4c3oc2c1. The van der Waals surface area contributed by atoms with Gasteiger partial charge in [0.2, 0.25) is 11.0 Å². The molecule has 0 bridgehead atoms. The van der Waals surface area contributed by atoms with Gasteiger partial charge < -0.3 is 13.6 Å². The molecular formula is C16H9IO4. The van der Waals surface area contributed by atoms with Crippen molar-refractivity contribution in [3.8, 4) is 5.75 Å². The number of rotatable bonds is 1. The Morgan fingerprint density at radius 1 is 0.952 bits per heavy atom. The van der Waals surface area contributed by atoms with Crippen molar-refractivity contribution < 1.29 is 13.6 Å². The molecule has 0 radical (unpaired) electrons. The minimum Gasteiger partial charge on any atom is -0.497 e. The lowest BCUT2D eigenvalue weighted by molar-refractivity contribution is 0.414. The van der Waals surface area contributed by atoms with E-state index in [1.54, 1.807) is 25.3 Å². The lowest BCUT2D eigenvalue weighted by atomic mass is 10.2. The molecule has 0 aliphatic rings. The van der Waals surface area contributed by atoms with Crippen molar-refractivity contribution in [1.29, 1.82) is 0 Å². The predicted molar refractivity (Wildman–Crippen MR) is 89.0 cm³/mol. The van der Waals surface area contributed by atoms with Gasteiger partial charge in [-0.25, -0.2) is 0 Å². The van der Waals surface area contributed by atoms with E-state index in [9.17, 15) is 4.79 Å². The zero-order chi connectivity index (χ0) is 14.6. The fourth-order valence-corrected chi connectivity index (χ4v) is 2.89. The standard InChI is InChI=1S/C16H9IO4/c1-19-9-3-5-10-13(7-9)20-15-11-4-2-8(17)6-12(11)21-16(15)14(10)18/h2-7H,1H3. The molecule has 2 aromatic heterocycles. The summed E-state index contributed by atoms with van der Waals surface area (Å²) in [7, 11) is 1.58. The van der Waals surface area contributed by atoms with Gasteiger partial charge in [-0.15, -0.1) is 0 Å². The van der Waals surface area contributed by atoms with Crippen molar-refractivity contribution >= 4 is 55.7 Å². The molecule has 4 rings (SSSR count). The summed E-state index contributed by atoms with van der Waals surface area (Å²) >= 11 is 2.20. The number of fused-ring (bicyclic) bond motifs is 4. The van der Waals surface area contributed by atoms with Gasteiger partial charge in [0.1, 0.15) is 16.9 Å². The summed E-state index contributed by atoms with van der Waals surface area (Å²) in [6, 6.07) is 10.9. The maximum Gasteiger partial charge on any atom is 0.235 e. The average molecular weight is 392 g/mol. The molecule has 4 nitrogen and oxygen atoms in total. The van der Waals surface area contributed by atoms with E-state index in [2.05, 4.69) is 22.6 Å². The molecular weight excluding hydrogens is 383 g/mol. The zero-order valence-corrected chi connectivity index (χ0v) is 13.1. The molecule has 2 aromatic carbocycles. The number of hydrogen-bond acceptors (Lipinski definition) is 4. The Bertz CT molecular complexity index is 1060. The quantitative estimate of drug-likeness (QED) is 0.453. The average Bonchev–Trinajstić information content (AvgIpc) is 2.85. The summed E-state index contributed by atoms with van der Waals surface area (Å²) in [6.45, 7) is 0. The van der Waals surface area contributed by atoms with Crippen LogP contribution in [0.1, 0.15) is 0 Å². The fraction of sp³-hybridized carbons (Fsp3) is 0.0625. The second kappa shape index (κ2) is 4.49. The number of hydrogen-bond donors (Lipinski definition) is 0. The van der Waals surface area contributed by atoms with E-state index in [0.29, 0.717) is 27.9 Å². The van der Waals surface area contributed by atoms with Crippen LogP contribution in [0.2, 0.25) is 0 Å². The van der Waals surface area contributed by atoms with Crippen LogP contribution in [0.4, 0.5) is 0 Å². The van der Waals surface area contributed by atoms with E-state index in [4.69, 9.17) is 13.6 Å². The smallest absolute Gasteiger partial charge is 0.235 e. The van der Waals surface area contributed by atoms with Crippen LogP contribution in [0.3, 0.4) is 0 Å². The van der Waals surface area contributed by atoms with E-state index < -0.39 is 0 Å². The van der Waals surface area contributed by atoms with Crippen molar-refractivity contribution in [3.63, 3.8) is 0 Å². The second-order valence-electron chi connectivity index (χ2n) is 4.69. The largest absolute Gasteiger partial charge is 0.497 e. The third kappa shape index (κ3) is 1.84. The van der Waals surface area contributed by atoms with Gasteiger partial charge in [0.05, 0.1) is 17.9 Å². The van der Waals surface area contributed by atoms with Gasteiger partial charge in [-0.3, -0.25) is 4.79 Å². The molecule has 0 aliphatic carbocycles. The summed E-state index contributed by atoms with van der Waals surface area (Å²) in [5.74, 6) is 0.646. The minimum absolute atomic E-state index is 0.167. The van der Waals surface area contributed by atoms with Crippen molar-refractivity contribution in [2.45, 2.75) is 0 Å². The molecule has 0 saturated carbocycles. The van der Waals surface area contributed by atoms with Crippen LogP contribution < -0.4 is 10.2 Å². The summed E-state index contributed by atoms with van der Waals surface area (Å²) in [5.41, 5.74) is 1.71. The third-order valence-corrected chi connectivity index (χ3v) is 4.13. The first-order chi connectivity index (χ1) is 10.2. The maximum atomic E-state index is 12.5. The molecule has 0 aliphatic heterocycles. The maximum absolute atomic E-state index is 12.5. The number of furan rings is 1. The van der Waals surface area contributed by atoms with Gasteiger partial charge in [0, 0.05) is 9.64 Å². The monoisotopic (exact) mass is 392 g/mol. The van der Waals surface area contributed by atoms with E-state index in [-0.39, 0.29) is 11.0 Å². The summed E-state index contributed by atoms with van der Waals surface area (Å²) < 4.78 is 17.8. The predicted octanol–water partition coefficient (Wildman–Crippen LogP) is 4.31. The van der Waals surface area contributed by atoms with E-state index in [1.165, 1.54) is 0 Å². The number of ether oxygens (including phenoxy) is 1. The highest BCUT2D eigenvalue weighted by Crippen LogP contribution is 2.31. The molecule has 104 valence electrons. The Hall–Kier alpha value is -2.02.